The van der Waals surface area contributed by atoms with Crippen LogP contribution in [0.1, 0.15) is 31.6 Å². The van der Waals surface area contributed by atoms with Gasteiger partial charge in [-0.1, -0.05) is 48.7 Å². The third kappa shape index (κ3) is 4.73. The van der Waals surface area contributed by atoms with Gasteiger partial charge in [-0.05, 0) is 25.0 Å². The van der Waals surface area contributed by atoms with E-state index in [2.05, 4.69) is 43.8 Å². The minimum absolute atomic E-state index is 0.282. The van der Waals surface area contributed by atoms with E-state index < -0.39 is 9.84 Å². The summed E-state index contributed by atoms with van der Waals surface area (Å²) in [6.45, 7) is 6.18. The van der Waals surface area contributed by atoms with E-state index in [0.717, 1.165) is 28.7 Å². The van der Waals surface area contributed by atoms with Crippen molar-refractivity contribution in [1.82, 2.24) is 25.0 Å². The maximum absolute atomic E-state index is 11.6. The summed E-state index contributed by atoms with van der Waals surface area (Å²) in [4.78, 5) is 0.282. The van der Waals surface area contributed by atoms with Crippen molar-refractivity contribution in [3.8, 4) is 10.6 Å². The average Bonchev–Trinajstić information content (AvgIpc) is 3.30. The number of nitrogens with one attached hydrogen (secondary N) is 1. The fraction of sp³-hybridized carbons (Fsp3) is 0.368. The van der Waals surface area contributed by atoms with Gasteiger partial charge >= 0.3 is 0 Å². The molecule has 1 N–H and O–H groups in total. The Balaban J connectivity index is 1.37. The Labute approximate surface area is 183 Å². The van der Waals surface area contributed by atoms with Crippen molar-refractivity contribution in [2.45, 2.75) is 42.3 Å². The number of nitrogens with zero attached hydrogens (tertiary/aromatic N) is 5. The number of rotatable bonds is 9. The molecule has 3 aromatic rings. The molecule has 11 heteroatoms. The van der Waals surface area contributed by atoms with Crippen LogP contribution >= 0.6 is 23.1 Å². The molecule has 0 spiro atoms. The number of aryl methyl sites for hydroxylation is 1. The van der Waals surface area contributed by atoms with Crippen LogP contribution in [0.3, 0.4) is 0 Å². The van der Waals surface area contributed by atoms with Crippen LogP contribution in [-0.4, -0.2) is 45.4 Å². The molecule has 1 fully saturated rings. The molecule has 0 aliphatic heterocycles. The Morgan fingerprint density at radius 3 is 2.60 bits per heavy atom. The van der Waals surface area contributed by atoms with Gasteiger partial charge in [0.05, 0.1) is 4.90 Å². The highest BCUT2D eigenvalue weighted by Gasteiger charge is 2.29. The second-order valence-electron chi connectivity index (χ2n) is 7.08. The molecule has 0 amide bonds. The minimum atomic E-state index is -3.22. The zero-order valence-corrected chi connectivity index (χ0v) is 19.1. The fourth-order valence-electron chi connectivity index (χ4n) is 2.92. The number of hydrogen-bond donors (Lipinski definition) is 1. The van der Waals surface area contributed by atoms with E-state index >= 15 is 0 Å². The number of aromatic nitrogens is 5. The lowest BCUT2D eigenvalue weighted by Gasteiger charge is -2.09. The molecular weight excluding hydrogens is 440 g/mol. The number of anilines is 1. The quantitative estimate of drug-likeness (QED) is 0.479. The van der Waals surface area contributed by atoms with Gasteiger partial charge in [0.1, 0.15) is 10.8 Å². The van der Waals surface area contributed by atoms with Gasteiger partial charge in [-0.3, -0.25) is 0 Å². The topological polar surface area (TPSA) is 103 Å². The van der Waals surface area contributed by atoms with Crippen LogP contribution in [0.5, 0.6) is 0 Å². The highest BCUT2D eigenvalue weighted by Crippen LogP contribution is 2.39. The summed E-state index contributed by atoms with van der Waals surface area (Å²) >= 11 is 3.00. The molecule has 1 saturated carbocycles. The third-order valence-corrected chi connectivity index (χ3v) is 7.62. The summed E-state index contributed by atoms with van der Waals surface area (Å²) in [5.41, 5.74) is 1.62. The van der Waals surface area contributed by atoms with Crippen molar-refractivity contribution >= 4 is 38.1 Å². The Hall–Kier alpha value is -2.24. The van der Waals surface area contributed by atoms with Gasteiger partial charge < -0.3 is 9.88 Å². The standard InChI is InChI=1S/C19H22N6O2S3/c1-4-16-21-24-19(25(16)14-7-8-14)28-11-12(2)20-18-23-22-17(29-18)13-5-9-15(10-6-13)30(3,26)27/h5-6,9-10,14H,2,4,7-8,11H2,1,3H3,(H,20,23). The predicted octanol–water partition coefficient (Wildman–Crippen LogP) is 3.82. The second-order valence-corrected chi connectivity index (χ2v) is 11.0. The van der Waals surface area contributed by atoms with Gasteiger partial charge in [0.15, 0.2) is 15.0 Å². The van der Waals surface area contributed by atoms with Crippen molar-refractivity contribution in [2.75, 3.05) is 17.3 Å². The summed E-state index contributed by atoms with van der Waals surface area (Å²) in [5.74, 6) is 1.68. The molecular formula is C19H22N6O2S3. The Bertz CT molecular complexity index is 1160. The van der Waals surface area contributed by atoms with Gasteiger partial charge in [0, 0.05) is 35.7 Å². The Kier molecular flexibility index (Phi) is 5.94. The Morgan fingerprint density at radius 1 is 1.23 bits per heavy atom. The number of thioether (sulfide) groups is 1. The van der Waals surface area contributed by atoms with Crippen LogP contribution in [0.4, 0.5) is 5.13 Å². The normalized spacial score (nSPS) is 14.1. The average molecular weight is 463 g/mol. The van der Waals surface area contributed by atoms with Crippen LogP contribution in [0.25, 0.3) is 10.6 Å². The highest BCUT2D eigenvalue weighted by atomic mass is 32.2. The van der Waals surface area contributed by atoms with Crippen molar-refractivity contribution in [1.29, 1.82) is 0 Å². The molecule has 0 unspecified atom stereocenters. The first-order valence-corrected chi connectivity index (χ1v) is 13.2. The molecule has 8 nitrogen and oxygen atoms in total. The largest absolute Gasteiger partial charge is 0.334 e. The molecule has 0 saturated heterocycles. The summed E-state index contributed by atoms with van der Waals surface area (Å²) in [6, 6.07) is 7.17. The summed E-state index contributed by atoms with van der Waals surface area (Å²) in [6.07, 6.45) is 4.45. The van der Waals surface area contributed by atoms with E-state index in [4.69, 9.17) is 0 Å². The molecule has 4 rings (SSSR count). The lowest BCUT2D eigenvalue weighted by molar-refractivity contribution is 0.602. The molecule has 158 valence electrons. The van der Waals surface area contributed by atoms with E-state index in [9.17, 15) is 8.42 Å². The molecule has 0 radical (unpaired) electrons. The van der Waals surface area contributed by atoms with Crippen molar-refractivity contribution in [2.24, 2.45) is 0 Å². The van der Waals surface area contributed by atoms with Crippen LogP contribution in [-0.2, 0) is 16.3 Å². The third-order valence-electron chi connectivity index (χ3n) is 4.58. The van der Waals surface area contributed by atoms with Gasteiger partial charge in [-0.15, -0.1) is 20.4 Å². The van der Waals surface area contributed by atoms with Crippen LogP contribution < -0.4 is 5.32 Å². The zero-order valence-electron chi connectivity index (χ0n) is 16.7. The van der Waals surface area contributed by atoms with Gasteiger partial charge in [0.25, 0.3) is 0 Å². The van der Waals surface area contributed by atoms with Crippen LogP contribution in [0, 0.1) is 0 Å². The van der Waals surface area contributed by atoms with Crippen molar-refractivity contribution < 1.29 is 8.42 Å². The van der Waals surface area contributed by atoms with E-state index in [-0.39, 0.29) is 4.90 Å². The zero-order chi connectivity index (χ0) is 21.3. The lowest BCUT2D eigenvalue weighted by atomic mass is 10.2. The summed E-state index contributed by atoms with van der Waals surface area (Å²) in [5, 5.41) is 22.5. The number of hydrogen-bond acceptors (Lipinski definition) is 9. The maximum Gasteiger partial charge on any atom is 0.210 e. The van der Waals surface area contributed by atoms with E-state index in [0.29, 0.717) is 21.9 Å². The van der Waals surface area contributed by atoms with Crippen molar-refractivity contribution in [3.63, 3.8) is 0 Å². The summed E-state index contributed by atoms with van der Waals surface area (Å²) < 4.78 is 25.4. The molecule has 1 aliphatic rings. The van der Waals surface area contributed by atoms with E-state index in [1.54, 1.807) is 36.0 Å². The molecule has 0 atom stereocenters. The molecule has 0 bridgehead atoms. The SMILES string of the molecule is C=C(CSc1nnc(CC)n1C1CC1)Nc1nnc(-c2ccc(S(C)(=O)=O)cc2)s1. The first kappa shape index (κ1) is 21.0. The monoisotopic (exact) mass is 462 g/mol. The minimum Gasteiger partial charge on any atom is -0.334 e. The molecule has 30 heavy (non-hydrogen) atoms. The second kappa shape index (κ2) is 8.48. The molecule has 2 heterocycles. The molecule has 2 aromatic heterocycles. The first-order valence-electron chi connectivity index (χ1n) is 9.50. The van der Waals surface area contributed by atoms with E-state index in [1.165, 1.54) is 30.4 Å². The number of sulfone groups is 1. The van der Waals surface area contributed by atoms with Gasteiger partial charge in [-0.25, -0.2) is 8.42 Å². The summed E-state index contributed by atoms with van der Waals surface area (Å²) in [7, 11) is -3.22. The van der Waals surface area contributed by atoms with Crippen LogP contribution in [0.15, 0.2) is 46.6 Å². The van der Waals surface area contributed by atoms with Gasteiger partial charge in [0.2, 0.25) is 5.13 Å². The predicted molar refractivity (Wildman–Crippen MR) is 120 cm³/mol. The molecule has 1 aliphatic carbocycles. The lowest BCUT2D eigenvalue weighted by Crippen LogP contribution is -2.04. The van der Waals surface area contributed by atoms with Crippen LogP contribution in [0.2, 0.25) is 0 Å². The van der Waals surface area contributed by atoms with Gasteiger partial charge in [-0.2, -0.15) is 0 Å². The highest BCUT2D eigenvalue weighted by molar-refractivity contribution is 7.99. The van der Waals surface area contributed by atoms with E-state index in [1.807, 2.05) is 0 Å². The fourth-order valence-corrected chi connectivity index (χ4v) is 5.21. The maximum atomic E-state index is 11.6. The van der Waals surface area contributed by atoms with Crippen molar-refractivity contribution in [3.05, 3.63) is 42.4 Å². The first-order chi connectivity index (χ1) is 14.3. The number of benzene rings is 1. The smallest absolute Gasteiger partial charge is 0.210 e. The molecule has 1 aromatic carbocycles. The Morgan fingerprint density at radius 2 is 1.97 bits per heavy atom.